The number of aliphatic hydroxyl groups is 1. The molecule has 0 spiro atoms. The number of rotatable bonds is 3. The third kappa shape index (κ3) is 2.38. The van der Waals surface area contributed by atoms with Crippen LogP contribution in [0.25, 0.3) is 0 Å². The lowest BCUT2D eigenvalue weighted by atomic mass is 9.76. The molecule has 1 aromatic heterocycles. The first-order valence-corrected chi connectivity index (χ1v) is 6.33. The summed E-state index contributed by atoms with van der Waals surface area (Å²) in [7, 11) is 1.50. The lowest BCUT2D eigenvalue weighted by Crippen LogP contribution is -2.42. The molecule has 18 heavy (non-hydrogen) atoms. The molecule has 0 aromatic carbocycles. The van der Waals surface area contributed by atoms with Gasteiger partial charge >= 0.3 is 0 Å². The number of pyridine rings is 1. The fourth-order valence-corrected chi connectivity index (χ4v) is 2.41. The maximum Gasteiger partial charge on any atom is 0.216 e. The molecule has 1 heterocycles. The Morgan fingerprint density at radius 2 is 2.17 bits per heavy atom. The highest BCUT2D eigenvalue weighted by Gasteiger charge is 2.41. The highest BCUT2D eigenvalue weighted by molar-refractivity contribution is 6.02. The summed E-state index contributed by atoms with van der Waals surface area (Å²) in [6, 6.07) is 3.40. The summed E-state index contributed by atoms with van der Waals surface area (Å²) in [4.78, 5) is 16.5. The van der Waals surface area contributed by atoms with Gasteiger partial charge in [0.1, 0.15) is 11.4 Å². The predicted molar refractivity (Wildman–Crippen MR) is 67.7 cm³/mol. The highest BCUT2D eigenvalue weighted by atomic mass is 16.5. The Morgan fingerprint density at radius 3 is 2.78 bits per heavy atom. The molecule has 0 bridgehead atoms. The van der Waals surface area contributed by atoms with Crippen molar-refractivity contribution in [1.82, 2.24) is 4.98 Å². The zero-order chi connectivity index (χ0) is 13.2. The molecule has 4 nitrogen and oxygen atoms in total. The van der Waals surface area contributed by atoms with Crippen LogP contribution in [-0.2, 0) is 0 Å². The van der Waals surface area contributed by atoms with Crippen LogP contribution in [0.3, 0.4) is 0 Å². The van der Waals surface area contributed by atoms with E-state index in [1.54, 1.807) is 18.3 Å². The van der Waals surface area contributed by atoms with Crippen molar-refractivity contribution in [2.45, 2.75) is 38.2 Å². The molecule has 0 unspecified atom stereocenters. The third-order valence-electron chi connectivity index (χ3n) is 3.73. The first-order valence-electron chi connectivity index (χ1n) is 6.33. The van der Waals surface area contributed by atoms with Gasteiger partial charge in [-0.3, -0.25) is 4.79 Å². The Hall–Kier alpha value is -1.42. The summed E-state index contributed by atoms with van der Waals surface area (Å²) < 4.78 is 5.13. The molecule has 0 saturated heterocycles. The number of carbonyl (C=O) groups is 1. The number of hydrogen-bond donors (Lipinski definition) is 1. The van der Waals surface area contributed by atoms with E-state index in [2.05, 4.69) is 11.9 Å². The van der Waals surface area contributed by atoms with Gasteiger partial charge in [-0.15, -0.1) is 0 Å². The molecule has 98 valence electrons. The van der Waals surface area contributed by atoms with Gasteiger partial charge in [0.2, 0.25) is 5.78 Å². The molecule has 2 rings (SSSR count). The molecular weight excluding hydrogens is 230 g/mol. The van der Waals surface area contributed by atoms with Crippen molar-refractivity contribution in [3.8, 4) is 5.75 Å². The normalized spacial score (nSPS) is 27.8. The van der Waals surface area contributed by atoms with Gasteiger partial charge in [-0.25, -0.2) is 4.98 Å². The standard InChI is InChI=1S/C14H19NO3/c1-10-5-7-14(17,8-6-10)13(16)12-11(18-2)4-3-9-15-12/h3-4,9-10,17H,5-8H2,1-2H3. The van der Waals surface area contributed by atoms with E-state index in [-0.39, 0.29) is 11.5 Å². The van der Waals surface area contributed by atoms with Gasteiger partial charge in [0.15, 0.2) is 5.69 Å². The summed E-state index contributed by atoms with van der Waals surface area (Å²) >= 11 is 0. The first-order chi connectivity index (χ1) is 8.57. The van der Waals surface area contributed by atoms with E-state index in [4.69, 9.17) is 4.74 Å². The molecule has 0 amide bonds. The van der Waals surface area contributed by atoms with Gasteiger partial charge < -0.3 is 9.84 Å². The average molecular weight is 249 g/mol. The molecule has 0 aliphatic heterocycles. The van der Waals surface area contributed by atoms with Crippen LogP contribution >= 0.6 is 0 Å². The molecule has 1 aliphatic rings. The van der Waals surface area contributed by atoms with Gasteiger partial charge in [-0.05, 0) is 43.7 Å². The molecule has 1 aromatic rings. The van der Waals surface area contributed by atoms with E-state index in [0.717, 1.165) is 12.8 Å². The van der Waals surface area contributed by atoms with Crippen molar-refractivity contribution < 1.29 is 14.6 Å². The van der Waals surface area contributed by atoms with Crippen molar-refractivity contribution in [2.24, 2.45) is 5.92 Å². The Kier molecular flexibility index (Phi) is 3.66. The van der Waals surface area contributed by atoms with E-state index >= 15 is 0 Å². The number of carbonyl (C=O) groups excluding carboxylic acids is 1. The van der Waals surface area contributed by atoms with E-state index in [9.17, 15) is 9.90 Å². The molecule has 4 heteroatoms. The van der Waals surface area contributed by atoms with Crippen LogP contribution in [-0.4, -0.2) is 28.6 Å². The Balaban J connectivity index is 2.25. The Labute approximate surface area is 107 Å². The Morgan fingerprint density at radius 1 is 1.50 bits per heavy atom. The number of methoxy groups -OCH3 is 1. The molecule has 1 N–H and O–H groups in total. The van der Waals surface area contributed by atoms with Gasteiger partial charge in [-0.1, -0.05) is 6.92 Å². The van der Waals surface area contributed by atoms with Gasteiger partial charge in [0.25, 0.3) is 0 Å². The second-order valence-corrected chi connectivity index (χ2v) is 5.10. The fourth-order valence-electron chi connectivity index (χ4n) is 2.41. The number of ether oxygens (including phenoxy) is 1. The maximum absolute atomic E-state index is 12.4. The van der Waals surface area contributed by atoms with Crippen LogP contribution in [0.2, 0.25) is 0 Å². The number of hydrogen-bond acceptors (Lipinski definition) is 4. The summed E-state index contributed by atoms with van der Waals surface area (Å²) in [5, 5.41) is 10.5. The van der Waals surface area contributed by atoms with E-state index in [0.29, 0.717) is 24.5 Å². The topological polar surface area (TPSA) is 59.4 Å². The molecule has 0 atom stereocenters. The monoisotopic (exact) mass is 249 g/mol. The molecular formula is C14H19NO3. The van der Waals surface area contributed by atoms with Crippen LogP contribution in [0.4, 0.5) is 0 Å². The van der Waals surface area contributed by atoms with Crippen LogP contribution < -0.4 is 4.74 Å². The molecule has 1 fully saturated rings. The average Bonchev–Trinajstić information content (AvgIpc) is 2.41. The van der Waals surface area contributed by atoms with Crippen molar-refractivity contribution in [2.75, 3.05) is 7.11 Å². The molecule has 1 saturated carbocycles. The zero-order valence-corrected chi connectivity index (χ0v) is 10.8. The van der Waals surface area contributed by atoms with Gasteiger partial charge in [0, 0.05) is 6.20 Å². The number of nitrogens with zero attached hydrogens (tertiary/aromatic N) is 1. The number of aromatic nitrogens is 1. The van der Waals surface area contributed by atoms with Gasteiger partial charge in [0.05, 0.1) is 7.11 Å². The van der Waals surface area contributed by atoms with Crippen molar-refractivity contribution in [3.63, 3.8) is 0 Å². The minimum atomic E-state index is -1.27. The second kappa shape index (κ2) is 5.06. The van der Waals surface area contributed by atoms with E-state index < -0.39 is 5.60 Å². The summed E-state index contributed by atoms with van der Waals surface area (Å²) in [6.45, 7) is 2.14. The SMILES string of the molecule is COc1cccnc1C(=O)C1(O)CCC(C)CC1. The number of Topliss-reactive ketones (excluding diaryl/α,β-unsaturated/α-hetero) is 1. The van der Waals surface area contributed by atoms with E-state index in [1.807, 2.05) is 0 Å². The lowest BCUT2D eigenvalue weighted by molar-refractivity contribution is 0.00359. The number of ketones is 1. The first kappa shape index (κ1) is 13.0. The minimum absolute atomic E-state index is 0.233. The van der Waals surface area contributed by atoms with Crippen molar-refractivity contribution in [1.29, 1.82) is 0 Å². The smallest absolute Gasteiger partial charge is 0.216 e. The fraction of sp³-hybridized carbons (Fsp3) is 0.571. The van der Waals surface area contributed by atoms with Crippen LogP contribution in [0.15, 0.2) is 18.3 Å². The van der Waals surface area contributed by atoms with Crippen molar-refractivity contribution in [3.05, 3.63) is 24.0 Å². The molecule has 1 aliphatic carbocycles. The van der Waals surface area contributed by atoms with Crippen LogP contribution in [0.5, 0.6) is 5.75 Å². The summed E-state index contributed by atoms with van der Waals surface area (Å²) in [5.41, 5.74) is -1.04. The van der Waals surface area contributed by atoms with E-state index in [1.165, 1.54) is 7.11 Å². The zero-order valence-electron chi connectivity index (χ0n) is 10.8. The van der Waals surface area contributed by atoms with Crippen LogP contribution in [0, 0.1) is 5.92 Å². The molecule has 0 radical (unpaired) electrons. The predicted octanol–water partition coefficient (Wildman–Crippen LogP) is 2.21. The quantitative estimate of drug-likeness (QED) is 0.834. The van der Waals surface area contributed by atoms with Crippen LogP contribution in [0.1, 0.15) is 43.1 Å². The van der Waals surface area contributed by atoms with Crippen molar-refractivity contribution >= 4 is 5.78 Å². The maximum atomic E-state index is 12.4. The lowest BCUT2D eigenvalue weighted by Gasteiger charge is -2.33. The highest BCUT2D eigenvalue weighted by Crippen LogP contribution is 2.35. The largest absolute Gasteiger partial charge is 0.494 e. The Bertz CT molecular complexity index is 436. The third-order valence-corrected chi connectivity index (χ3v) is 3.73. The van der Waals surface area contributed by atoms with Gasteiger partial charge in [-0.2, -0.15) is 0 Å². The second-order valence-electron chi connectivity index (χ2n) is 5.10. The summed E-state index contributed by atoms with van der Waals surface area (Å²) in [5.74, 6) is 0.685. The summed E-state index contributed by atoms with van der Waals surface area (Å²) in [6.07, 6.45) is 4.30. The minimum Gasteiger partial charge on any atom is -0.494 e.